The summed E-state index contributed by atoms with van der Waals surface area (Å²) < 4.78 is 17.0. The second-order valence-corrected chi connectivity index (χ2v) is 9.15. The van der Waals surface area contributed by atoms with Gasteiger partial charge in [-0.3, -0.25) is 4.79 Å². The van der Waals surface area contributed by atoms with Gasteiger partial charge >= 0.3 is 12.1 Å². The number of aliphatic hydroxyl groups excluding tert-OH is 2. The van der Waals surface area contributed by atoms with Crippen LogP contribution in [0.3, 0.4) is 0 Å². The number of aromatic carboxylic acids is 1. The SMILES string of the molecule is O=C(N[C@H]1[C@@H](OCc2ccccc2)O[C@H](CNC(=O)c2cccc(C(=O)O)c2)[C@@H](O)[C@@H]1O)OCc1ccccc1. The monoisotopic (exact) mass is 550 g/mol. The minimum atomic E-state index is -1.53. The van der Waals surface area contributed by atoms with E-state index in [0.29, 0.717) is 0 Å². The molecule has 0 saturated carbocycles. The molecule has 1 aliphatic heterocycles. The third kappa shape index (κ3) is 7.64. The lowest BCUT2D eigenvalue weighted by molar-refractivity contribution is -0.265. The first kappa shape index (κ1) is 28.7. The molecule has 0 bridgehead atoms. The Morgan fingerprint density at radius 2 is 1.43 bits per heavy atom. The Morgan fingerprint density at radius 3 is 2.08 bits per heavy atom. The predicted molar refractivity (Wildman–Crippen MR) is 141 cm³/mol. The molecule has 11 heteroatoms. The Morgan fingerprint density at radius 1 is 0.800 bits per heavy atom. The molecule has 5 atom stereocenters. The molecule has 210 valence electrons. The van der Waals surface area contributed by atoms with Crippen molar-refractivity contribution >= 4 is 18.0 Å². The second-order valence-electron chi connectivity index (χ2n) is 9.15. The van der Waals surface area contributed by atoms with Gasteiger partial charge in [0.25, 0.3) is 5.91 Å². The van der Waals surface area contributed by atoms with Gasteiger partial charge in [0, 0.05) is 12.1 Å². The molecule has 1 fully saturated rings. The average molecular weight is 551 g/mol. The van der Waals surface area contributed by atoms with Crippen molar-refractivity contribution in [2.45, 2.75) is 43.9 Å². The van der Waals surface area contributed by atoms with Gasteiger partial charge in [-0.1, -0.05) is 66.7 Å². The molecule has 5 N–H and O–H groups in total. The van der Waals surface area contributed by atoms with Gasteiger partial charge in [0.15, 0.2) is 6.29 Å². The van der Waals surface area contributed by atoms with E-state index in [1.807, 2.05) is 36.4 Å². The summed E-state index contributed by atoms with van der Waals surface area (Å²) in [5.41, 5.74) is 1.61. The van der Waals surface area contributed by atoms with E-state index in [1.54, 1.807) is 24.3 Å². The Hall–Kier alpha value is -4.29. The number of rotatable bonds is 10. The van der Waals surface area contributed by atoms with Gasteiger partial charge in [-0.2, -0.15) is 0 Å². The van der Waals surface area contributed by atoms with E-state index >= 15 is 0 Å². The van der Waals surface area contributed by atoms with Crippen molar-refractivity contribution in [1.82, 2.24) is 10.6 Å². The van der Waals surface area contributed by atoms with Crippen molar-refractivity contribution in [2.24, 2.45) is 0 Å². The molecule has 0 spiro atoms. The van der Waals surface area contributed by atoms with Crippen molar-refractivity contribution in [1.29, 1.82) is 0 Å². The quantitative estimate of drug-likeness (QED) is 0.254. The molecular weight excluding hydrogens is 520 g/mol. The van der Waals surface area contributed by atoms with Crippen LogP contribution < -0.4 is 10.6 Å². The third-order valence-electron chi connectivity index (χ3n) is 6.29. The van der Waals surface area contributed by atoms with Gasteiger partial charge in [-0.15, -0.1) is 0 Å². The molecule has 1 aliphatic rings. The molecular formula is C29H30N2O9. The standard InChI is InChI=1S/C29H30N2O9/c32-24-22(15-30-26(34)20-12-7-13-21(14-20)27(35)36)40-28(38-16-18-8-3-1-4-9-18)23(25(24)33)31-29(37)39-17-19-10-5-2-6-11-19/h1-14,22-25,28,32-33H,15-17H2,(H,30,34)(H,31,37)(H,35,36)/t22-,23-,24-,25-,28+/m1/s1. The maximum atomic E-state index is 12.6. The summed E-state index contributed by atoms with van der Waals surface area (Å²) in [4.78, 5) is 36.4. The molecule has 2 amide bonds. The number of alkyl carbamates (subject to hydrolysis) is 1. The zero-order chi connectivity index (χ0) is 28.5. The zero-order valence-electron chi connectivity index (χ0n) is 21.4. The van der Waals surface area contributed by atoms with Crippen LogP contribution in [0, 0.1) is 0 Å². The molecule has 1 heterocycles. The van der Waals surface area contributed by atoms with Crippen LogP contribution in [0.15, 0.2) is 84.9 Å². The number of carbonyl (C=O) groups is 3. The smallest absolute Gasteiger partial charge is 0.407 e. The van der Waals surface area contributed by atoms with Crippen LogP contribution >= 0.6 is 0 Å². The van der Waals surface area contributed by atoms with Gasteiger partial charge in [0.1, 0.15) is 31.0 Å². The first-order valence-corrected chi connectivity index (χ1v) is 12.6. The maximum absolute atomic E-state index is 12.6. The molecule has 3 aromatic carbocycles. The summed E-state index contributed by atoms with van der Waals surface area (Å²) >= 11 is 0. The number of hydrogen-bond donors (Lipinski definition) is 5. The molecule has 1 saturated heterocycles. The van der Waals surface area contributed by atoms with Crippen LogP contribution in [0.2, 0.25) is 0 Å². The largest absolute Gasteiger partial charge is 0.478 e. The van der Waals surface area contributed by atoms with Crippen molar-refractivity contribution in [2.75, 3.05) is 6.54 Å². The van der Waals surface area contributed by atoms with E-state index < -0.39 is 48.6 Å². The molecule has 11 nitrogen and oxygen atoms in total. The van der Waals surface area contributed by atoms with Gasteiger partial charge < -0.3 is 40.2 Å². The van der Waals surface area contributed by atoms with Crippen molar-refractivity contribution in [3.63, 3.8) is 0 Å². The molecule has 0 unspecified atom stereocenters. The first-order chi connectivity index (χ1) is 19.3. The fourth-order valence-corrected chi connectivity index (χ4v) is 4.14. The van der Waals surface area contributed by atoms with Crippen molar-refractivity contribution in [3.8, 4) is 0 Å². The van der Waals surface area contributed by atoms with E-state index in [4.69, 9.17) is 19.3 Å². The van der Waals surface area contributed by atoms with Crippen molar-refractivity contribution < 1.29 is 43.9 Å². The lowest BCUT2D eigenvalue weighted by Gasteiger charge is -2.42. The Labute approximate surface area is 230 Å². The molecule has 0 radical (unpaired) electrons. The summed E-state index contributed by atoms with van der Waals surface area (Å²) in [5.74, 6) is -1.78. The normalized spacial score (nSPS) is 22.2. The van der Waals surface area contributed by atoms with E-state index in [-0.39, 0.29) is 30.9 Å². The lowest BCUT2D eigenvalue weighted by atomic mass is 9.96. The highest BCUT2D eigenvalue weighted by Crippen LogP contribution is 2.23. The molecule has 0 aliphatic carbocycles. The summed E-state index contributed by atoms with van der Waals surface area (Å²) in [6, 6.07) is 22.4. The van der Waals surface area contributed by atoms with Crippen LogP contribution in [-0.2, 0) is 27.4 Å². The zero-order valence-corrected chi connectivity index (χ0v) is 21.4. The number of nitrogens with one attached hydrogen (secondary N) is 2. The number of benzene rings is 3. The first-order valence-electron chi connectivity index (χ1n) is 12.6. The Bertz CT molecular complexity index is 1290. The number of carboxylic acid groups (broad SMARTS) is 1. The highest BCUT2D eigenvalue weighted by atomic mass is 16.7. The number of amides is 2. The van der Waals surface area contributed by atoms with Gasteiger partial charge in [-0.05, 0) is 29.3 Å². The maximum Gasteiger partial charge on any atom is 0.407 e. The topological polar surface area (TPSA) is 164 Å². The van der Waals surface area contributed by atoms with Gasteiger partial charge in [0.05, 0.1) is 12.2 Å². The minimum absolute atomic E-state index is 0.00776. The Balaban J connectivity index is 1.42. The van der Waals surface area contributed by atoms with Crippen molar-refractivity contribution in [3.05, 3.63) is 107 Å². The van der Waals surface area contributed by atoms with Crippen LogP contribution in [0.25, 0.3) is 0 Å². The molecule has 4 rings (SSSR count). The summed E-state index contributed by atoms with van der Waals surface area (Å²) in [5, 5.41) is 36.0. The van der Waals surface area contributed by atoms with Crippen LogP contribution in [-0.4, -0.2) is 70.5 Å². The molecule has 0 aromatic heterocycles. The van der Waals surface area contributed by atoms with E-state index in [1.165, 1.54) is 24.3 Å². The minimum Gasteiger partial charge on any atom is -0.478 e. The highest BCUT2D eigenvalue weighted by molar-refractivity contribution is 5.97. The summed E-state index contributed by atoms with van der Waals surface area (Å²) in [6.45, 7) is -0.163. The van der Waals surface area contributed by atoms with Crippen LogP contribution in [0.5, 0.6) is 0 Å². The summed E-state index contributed by atoms with van der Waals surface area (Å²) in [6.07, 6.45) is -6.21. The van der Waals surface area contributed by atoms with Crippen LogP contribution in [0.4, 0.5) is 4.79 Å². The fourth-order valence-electron chi connectivity index (χ4n) is 4.14. The number of hydrogen-bond acceptors (Lipinski definition) is 8. The van der Waals surface area contributed by atoms with E-state index in [0.717, 1.165) is 11.1 Å². The number of ether oxygens (including phenoxy) is 3. The number of carbonyl (C=O) groups excluding carboxylic acids is 2. The van der Waals surface area contributed by atoms with Crippen LogP contribution in [0.1, 0.15) is 31.8 Å². The highest BCUT2D eigenvalue weighted by Gasteiger charge is 2.46. The molecule has 40 heavy (non-hydrogen) atoms. The summed E-state index contributed by atoms with van der Waals surface area (Å²) in [7, 11) is 0. The van der Waals surface area contributed by atoms with Gasteiger partial charge in [-0.25, -0.2) is 9.59 Å². The predicted octanol–water partition coefficient (Wildman–Crippen LogP) is 2.07. The Kier molecular flexibility index (Phi) is 9.81. The van der Waals surface area contributed by atoms with Gasteiger partial charge in [0.2, 0.25) is 0 Å². The average Bonchev–Trinajstić information content (AvgIpc) is 2.98. The van der Waals surface area contributed by atoms with E-state index in [2.05, 4.69) is 10.6 Å². The third-order valence-corrected chi connectivity index (χ3v) is 6.29. The number of carboxylic acids is 1. The molecule has 3 aromatic rings. The van der Waals surface area contributed by atoms with E-state index in [9.17, 15) is 24.6 Å². The number of aliphatic hydroxyl groups is 2. The lowest BCUT2D eigenvalue weighted by Crippen LogP contribution is -2.65. The fraction of sp³-hybridized carbons (Fsp3) is 0.276. The second kappa shape index (κ2) is 13.7.